The van der Waals surface area contributed by atoms with Crippen molar-refractivity contribution in [2.45, 2.75) is 147 Å². The molecule has 2 aliphatic rings. The van der Waals surface area contributed by atoms with E-state index in [0.29, 0.717) is 24.2 Å². The number of aliphatic hydroxyl groups excluding tert-OH is 1. The van der Waals surface area contributed by atoms with E-state index in [-0.39, 0.29) is 43.9 Å². The second-order valence-electron chi connectivity index (χ2n) is 18.4. The molecule has 12 N–H and O–H groups in total. The second kappa shape index (κ2) is 27.0. The topological polar surface area (TPSA) is 340 Å². The van der Waals surface area contributed by atoms with Crippen LogP contribution in [-0.2, 0) is 54.4 Å². The second-order valence-corrected chi connectivity index (χ2v) is 21.5. The summed E-state index contributed by atoms with van der Waals surface area (Å²) in [6, 6.07) is -2.69. The molecule has 69 heavy (non-hydrogen) atoms. The fraction of sp³-hybridized carbons (Fsp3) is 0.644. The van der Waals surface area contributed by atoms with E-state index in [4.69, 9.17) is 16.2 Å². The molecule has 0 spiro atoms. The summed E-state index contributed by atoms with van der Waals surface area (Å²) in [6.07, 6.45) is -1.34. The SMILES string of the molecule is CC[C@H](C)[C@@H]1NC(=O)[C@H](Cc2ccc(OC)cc2)NC(=O)CC(C)(C)SSC[C@@H](C(=O)N2CCC[C@H]2C(=O)N[C@@H](CC(C)C)C(=O)NCC(N)=O)NC(=O)[C@H](CC(N)=O)NC(=O)[C@H]([C@@H](C)O)NC1=O. The van der Waals surface area contributed by atoms with E-state index in [1.54, 1.807) is 52.0 Å². The molecule has 0 aliphatic carbocycles. The Morgan fingerprint density at radius 2 is 1.49 bits per heavy atom. The van der Waals surface area contributed by atoms with Gasteiger partial charge in [-0.1, -0.05) is 67.8 Å². The zero-order chi connectivity index (χ0) is 51.7. The smallest absolute Gasteiger partial charge is 0.246 e. The summed E-state index contributed by atoms with van der Waals surface area (Å²) in [7, 11) is 3.82. The highest BCUT2D eigenvalue weighted by Gasteiger charge is 2.41. The van der Waals surface area contributed by atoms with Gasteiger partial charge in [-0.2, -0.15) is 0 Å². The Morgan fingerprint density at radius 3 is 2.07 bits per heavy atom. The highest BCUT2D eigenvalue weighted by molar-refractivity contribution is 8.77. The van der Waals surface area contributed by atoms with Crippen LogP contribution in [0.4, 0.5) is 0 Å². The normalized spacial score (nSPS) is 24.5. The molecule has 2 saturated heterocycles. The zero-order valence-corrected chi connectivity index (χ0v) is 42.1. The molecule has 0 bridgehead atoms. The minimum absolute atomic E-state index is 0.0125. The maximum absolute atomic E-state index is 14.6. The Balaban J connectivity index is 2.06. The van der Waals surface area contributed by atoms with E-state index < -0.39 is 131 Å². The first-order valence-corrected chi connectivity index (χ1v) is 25.3. The summed E-state index contributed by atoms with van der Waals surface area (Å²) >= 11 is 0. The molecule has 384 valence electrons. The Kier molecular flexibility index (Phi) is 22.5. The van der Waals surface area contributed by atoms with Gasteiger partial charge in [-0.15, -0.1) is 0 Å². The van der Waals surface area contributed by atoms with Gasteiger partial charge in [-0.05, 0) is 69.6 Å². The summed E-state index contributed by atoms with van der Waals surface area (Å²) in [5.74, 6) is -8.27. The number of nitrogens with zero attached hydrogens (tertiary/aromatic N) is 1. The van der Waals surface area contributed by atoms with Crippen molar-refractivity contribution < 1.29 is 57.8 Å². The Hall–Kier alpha value is -5.62. The lowest BCUT2D eigenvalue weighted by molar-refractivity contribution is -0.142. The van der Waals surface area contributed by atoms with Crippen molar-refractivity contribution in [3.63, 3.8) is 0 Å². The maximum atomic E-state index is 14.6. The quantitative estimate of drug-likeness (QED) is 0.0857. The zero-order valence-electron chi connectivity index (χ0n) is 40.5. The first-order valence-electron chi connectivity index (χ1n) is 22.9. The van der Waals surface area contributed by atoms with Crippen LogP contribution in [0.2, 0.25) is 0 Å². The van der Waals surface area contributed by atoms with Crippen molar-refractivity contribution in [2.24, 2.45) is 23.3 Å². The molecule has 2 aliphatic heterocycles. The van der Waals surface area contributed by atoms with Crippen molar-refractivity contribution in [1.29, 1.82) is 0 Å². The number of amides is 10. The monoisotopic (exact) mass is 1010 g/mol. The number of aliphatic hydroxyl groups is 1. The fourth-order valence-corrected chi connectivity index (χ4v) is 10.3. The first kappa shape index (κ1) is 57.7. The molecule has 10 amide bonds. The minimum Gasteiger partial charge on any atom is -0.497 e. The van der Waals surface area contributed by atoms with Crippen LogP contribution >= 0.6 is 21.6 Å². The predicted octanol–water partition coefficient (Wildman–Crippen LogP) is -1.35. The van der Waals surface area contributed by atoms with Gasteiger partial charge in [-0.25, -0.2) is 0 Å². The molecular weight excluding hydrogens is 937 g/mol. The Labute approximate surface area is 410 Å². The molecule has 0 radical (unpaired) electrons. The van der Waals surface area contributed by atoms with Crippen molar-refractivity contribution in [3.05, 3.63) is 29.8 Å². The average Bonchev–Trinajstić information content (AvgIpc) is 3.77. The number of methoxy groups -OCH3 is 1. The molecule has 1 aromatic carbocycles. The molecule has 2 heterocycles. The third kappa shape index (κ3) is 18.3. The summed E-state index contributed by atoms with van der Waals surface area (Å²) in [5, 5.41) is 28.9. The molecule has 24 heteroatoms. The van der Waals surface area contributed by atoms with E-state index in [2.05, 4.69) is 37.2 Å². The molecule has 0 aromatic heterocycles. The molecular formula is C45H70N10O12S2. The molecule has 0 saturated carbocycles. The molecule has 22 nitrogen and oxygen atoms in total. The number of nitrogens with two attached hydrogens (primary N) is 2. The largest absolute Gasteiger partial charge is 0.497 e. The summed E-state index contributed by atoms with van der Waals surface area (Å²) in [4.78, 5) is 137. The lowest BCUT2D eigenvalue weighted by Gasteiger charge is -2.32. The van der Waals surface area contributed by atoms with Crippen molar-refractivity contribution in [3.8, 4) is 5.75 Å². The van der Waals surface area contributed by atoms with Gasteiger partial charge in [0.25, 0.3) is 0 Å². The number of primary amides is 2. The van der Waals surface area contributed by atoms with E-state index in [9.17, 15) is 53.1 Å². The maximum Gasteiger partial charge on any atom is 0.246 e. The number of likely N-dealkylation sites (tertiary alicyclic amines) is 1. The minimum atomic E-state index is -1.74. The van der Waals surface area contributed by atoms with Crippen LogP contribution in [0.15, 0.2) is 24.3 Å². The number of rotatable bonds is 16. The van der Waals surface area contributed by atoms with Crippen LogP contribution in [-0.4, -0.2) is 148 Å². The van der Waals surface area contributed by atoms with Crippen molar-refractivity contribution >= 4 is 80.7 Å². The number of carbonyl (C=O) groups is 10. The standard InChI is InChI=1S/C45H70N10O12S2/c1-9-24(4)36-42(64)54-37(25(5)56)43(65)51-30(19-33(46)57)39(61)52-31(44(66)55-16-10-11-32(55)41(63)50-28(17-23(2)3)38(60)48-21-34(47)58)22-68-69-45(6,7)20-35(59)49-29(40(62)53-36)18-26-12-14-27(67-8)15-13-26/h12-15,23-25,28-32,36-37,56H,9-11,16-22H2,1-8H3,(H2,46,57)(H2,47,58)(H,48,60)(H,49,59)(H,50,63)(H,51,65)(H,52,61)(H,53,62)(H,54,64)/t24-,25+,28-,29-,30-,31-,32-,36-,37-/m0/s1. The highest BCUT2D eigenvalue weighted by atomic mass is 33.1. The van der Waals surface area contributed by atoms with Gasteiger partial charge < -0.3 is 63.4 Å². The third-order valence-corrected chi connectivity index (χ3v) is 14.8. The predicted molar refractivity (Wildman–Crippen MR) is 258 cm³/mol. The van der Waals surface area contributed by atoms with Gasteiger partial charge in [0.1, 0.15) is 48.0 Å². The number of ether oxygens (including phenoxy) is 1. The summed E-state index contributed by atoms with van der Waals surface area (Å²) < 4.78 is 4.40. The van der Waals surface area contributed by atoms with Gasteiger partial charge >= 0.3 is 0 Å². The third-order valence-electron chi connectivity index (χ3n) is 11.5. The Morgan fingerprint density at radius 1 is 0.870 bits per heavy atom. The number of hydrogen-bond acceptors (Lipinski definition) is 14. The summed E-state index contributed by atoms with van der Waals surface area (Å²) in [6.45, 7) is 11.5. The van der Waals surface area contributed by atoms with Gasteiger partial charge in [0.15, 0.2) is 0 Å². The molecule has 0 unspecified atom stereocenters. The number of benzene rings is 1. The highest BCUT2D eigenvalue weighted by Crippen LogP contribution is 2.39. The number of hydrogen-bond donors (Lipinski definition) is 10. The van der Waals surface area contributed by atoms with Crippen LogP contribution in [0.25, 0.3) is 0 Å². The number of carbonyl (C=O) groups excluding carboxylic acids is 10. The van der Waals surface area contributed by atoms with Crippen molar-refractivity contribution in [1.82, 2.24) is 42.1 Å². The first-order chi connectivity index (χ1) is 32.4. The van der Waals surface area contributed by atoms with E-state index in [0.717, 1.165) is 10.8 Å². The molecule has 2 fully saturated rings. The fourth-order valence-electron chi connectivity index (χ4n) is 7.62. The molecule has 1 aromatic rings. The van der Waals surface area contributed by atoms with E-state index >= 15 is 0 Å². The van der Waals surface area contributed by atoms with E-state index in [1.165, 1.54) is 29.7 Å². The van der Waals surface area contributed by atoms with Gasteiger partial charge in [0.2, 0.25) is 59.1 Å². The lowest BCUT2D eigenvalue weighted by Crippen LogP contribution is -2.63. The Bertz CT molecular complexity index is 2020. The van der Waals surface area contributed by atoms with Crippen molar-refractivity contribution in [2.75, 3.05) is 26.0 Å². The van der Waals surface area contributed by atoms with Crippen LogP contribution in [0.3, 0.4) is 0 Å². The van der Waals surface area contributed by atoms with Crippen LogP contribution in [0.1, 0.15) is 92.6 Å². The molecule has 9 atom stereocenters. The van der Waals surface area contributed by atoms with Crippen LogP contribution in [0, 0.1) is 11.8 Å². The molecule has 3 rings (SSSR count). The van der Waals surface area contributed by atoms with Crippen LogP contribution in [0.5, 0.6) is 5.75 Å². The van der Waals surface area contributed by atoms with Gasteiger partial charge in [-0.3, -0.25) is 47.9 Å². The number of nitrogens with one attached hydrogen (secondary N) is 7. The van der Waals surface area contributed by atoms with Crippen LogP contribution < -0.4 is 53.4 Å². The van der Waals surface area contributed by atoms with E-state index in [1.807, 2.05) is 13.8 Å². The lowest BCUT2D eigenvalue weighted by atomic mass is 9.96. The van der Waals surface area contributed by atoms with Gasteiger partial charge in [0.05, 0.1) is 26.2 Å². The average molecular weight is 1010 g/mol. The van der Waals surface area contributed by atoms with Gasteiger partial charge in [0, 0.05) is 29.9 Å². The summed E-state index contributed by atoms with van der Waals surface area (Å²) in [5.41, 5.74) is 11.4.